The molecule has 5 nitrogen and oxygen atoms in total. The number of aryl methyl sites for hydroxylation is 1. The van der Waals surface area contributed by atoms with Crippen LogP contribution in [0.25, 0.3) is 0 Å². The highest BCUT2D eigenvalue weighted by Gasteiger charge is 2.25. The minimum absolute atomic E-state index is 0.153. The molecule has 1 aromatic rings. The van der Waals surface area contributed by atoms with Gasteiger partial charge in [-0.1, -0.05) is 19.8 Å². The van der Waals surface area contributed by atoms with Gasteiger partial charge in [0.05, 0.1) is 6.20 Å². The fraction of sp³-hybridized carbons (Fsp3) is 0.727. The SMILES string of the molecule is Cc1ncc(S(=O)(=O)NCC2CCCC2C)[nH]1. The second-order valence-electron chi connectivity index (χ2n) is 4.85. The lowest BCUT2D eigenvalue weighted by atomic mass is 9.99. The molecule has 2 atom stereocenters. The van der Waals surface area contributed by atoms with Gasteiger partial charge in [0.2, 0.25) is 0 Å². The zero-order chi connectivity index (χ0) is 12.5. The summed E-state index contributed by atoms with van der Waals surface area (Å²) in [6, 6.07) is 0. The Hall–Kier alpha value is -0.880. The van der Waals surface area contributed by atoms with Crippen LogP contribution in [0.15, 0.2) is 11.2 Å². The third-order valence-corrected chi connectivity index (χ3v) is 4.88. The van der Waals surface area contributed by atoms with Gasteiger partial charge in [-0.25, -0.2) is 18.1 Å². The first kappa shape index (κ1) is 12.6. The van der Waals surface area contributed by atoms with E-state index >= 15 is 0 Å². The number of nitrogens with zero attached hydrogens (tertiary/aromatic N) is 1. The molecule has 0 aromatic carbocycles. The van der Waals surface area contributed by atoms with E-state index < -0.39 is 10.0 Å². The predicted molar refractivity (Wildman–Crippen MR) is 65.0 cm³/mol. The lowest BCUT2D eigenvalue weighted by Crippen LogP contribution is -2.30. The Bertz CT molecular complexity index is 481. The molecule has 0 bridgehead atoms. The van der Waals surface area contributed by atoms with Crippen molar-refractivity contribution in [2.75, 3.05) is 6.54 Å². The number of rotatable bonds is 4. The van der Waals surface area contributed by atoms with E-state index in [0.29, 0.717) is 24.2 Å². The average Bonchev–Trinajstić information content (AvgIpc) is 2.85. The number of nitrogens with one attached hydrogen (secondary N) is 2. The zero-order valence-electron chi connectivity index (χ0n) is 10.2. The molecule has 2 rings (SSSR count). The van der Waals surface area contributed by atoms with E-state index in [1.54, 1.807) is 6.92 Å². The molecule has 2 N–H and O–H groups in total. The van der Waals surface area contributed by atoms with Gasteiger partial charge < -0.3 is 4.98 Å². The summed E-state index contributed by atoms with van der Waals surface area (Å²) in [5.74, 6) is 1.69. The van der Waals surface area contributed by atoms with Crippen LogP contribution in [0.2, 0.25) is 0 Å². The van der Waals surface area contributed by atoms with Crippen molar-refractivity contribution in [3.8, 4) is 0 Å². The highest BCUT2D eigenvalue weighted by molar-refractivity contribution is 7.89. The molecule has 1 aliphatic carbocycles. The van der Waals surface area contributed by atoms with E-state index in [-0.39, 0.29) is 5.03 Å². The maximum absolute atomic E-state index is 11.9. The molecular weight excluding hydrogens is 238 g/mol. The van der Waals surface area contributed by atoms with Crippen LogP contribution in [0.3, 0.4) is 0 Å². The molecule has 96 valence electrons. The number of hydrogen-bond acceptors (Lipinski definition) is 3. The van der Waals surface area contributed by atoms with Gasteiger partial charge >= 0.3 is 0 Å². The summed E-state index contributed by atoms with van der Waals surface area (Å²) in [4.78, 5) is 6.64. The second kappa shape index (κ2) is 4.78. The molecule has 0 aliphatic heterocycles. The molecule has 6 heteroatoms. The Balaban J connectivity index is 1.98. The predicted octanol–water partition coefficient (Wildman–Crippen LogP) is 1.43. The third kappa shape index (κ3) is 2.87. The number of hydrogen-bond donors (Lipinski definition) is 2. The van der Waals surface area contributed by atoms with Gasteiger partial charge in [0.15, 0.2) is 5.03 Å². The van der Waals surface area contributed by atoms with Gasteiger partial charge in [0.25, 0.3) is 10.0 Å². The number of H-pyrrole nitrogens is 1. The monoisotopic (exact) mass is 257 g/mol. The van der Waals surface area contributed by atoms with Crippen LogP contribution in [0, 0.1) is 18.8 Å². The van der Waals surface area contributed by atoms with Crippen molar-refractivity contribution in [3.63, 3.8) is 0 Å². The van der Waals surface area contributed by atoms with Crippen LogP contribution < -0.4 is 4.72 Å². The molecule has 17 heavy (non-hydrogen) atoms. The Labute approximate surface area is 102 Å². The van der Waals surface area contributed by atoms with Crippen molar-refractivity contribution in [2.24, 2.45) is 11.8 Å². The third-order valence-electron chi connectivity index (χ3n) is 3.54. The number of imidazole rings is 1. The minimum Gasteiger partial charge on any atom is -0.332 e. The second-order valence-corrected chi connectivity index (χ2v) is 6.59. The molecule has 0 radical (unpaired) electrons. The van der Waals surface area contributed by atoms with Gasteiger partial charge in [-0.3, -0.25) is 0 Å². The first-order chi connectivity index (χ1) is 7.99. The molecule has 1 heterocycles. The molecular formula is C11H19N3O2S. The molecule has 0 spiro atoms. The van der Waals surface area contributed by atoms with Crippen molar-refractivity contribution in [1.29, 1.82) is 0 Å². The topological polar surface area (TPSA) is 74.8 Å². The summed E-state index contributed by atoms with van der Waals surface area (Å²) < 4.78 is 26.5. The number of aromatic nitrogens is 2. The van der Waals surface area contributed by atoms with Crippen molar-refractivity contribution >= 4 is 10.0 Å². The van der Waals surface area contributed by atoms with Crippen LogP contribution >= 0.6 is 0 Å². The van der Waals surface area contributed by atoms with Crippen molar-refractivity contribution in [1.82, 2.24) is 14.7 Å². The molecule has 1 aromatic heterocycles. The van der Waals surface area contributed by atoms with E-state index in [9.17, 15) is 8.42 Å². The summed E-state index contributed by atoms with van der Waals surface area (Å²) in [6.45, 7) is 4.45. The first-order valence-corrected chi connectivity index (χ1v) is 7.48. The van der Waals surface area contributed by atoms with Crippen LogP contribution in [0.4, 0.5) is 0 Å². The normalized spacial score (nSPS) is 25.3. The van der Waals surface area contributed by atoms with Crippen LogP contribution in [0.5, 0.6) is 0 Å². The molecule has 1 saturated carbocycles. The molecule has 1 aliphatic rings. The zero-order valence-corrected chi connectivity index (χ0v) is 11.0. The van der Waals surface area contributed by atoms with E-state index in [1.807, 2.05) is 0 Å². The smallest absolute Gasteiger partial charge is 0.257 e. The largest absolute Gasteiger partial charge is 0.332 e. The fourth-order valence-electron chi connectivity index (χ4n) is 2.35. The summed E-state index contributed by atoms with van der Waals surface area (Å²) in [7, 11) is -3.42. The maximum Gasteiger partial charge on any atom is 0.257 e. The Morgan fingerprint density at radius 2 is 2.29 bits per heavy atom. The minimum atomic E-state index is -3.42. The van der Waals surface area contributed by atoms with E-state index in [0.717, 1.165) is 6.42 Å². The Morgan fingerprint density at radius 1 is 1.53 bits per heavy atom. The molecule has 0 amide bonds. The van der Waals surface area contributed by atoms with Crippen LogP contribution in [0.1, 0.15) is 32.0 Å². The summed E-state index contributed by atoms with van der Waals surface area (Å²) in [5, 5.41) is 0.153. The lowest BCUT2D eigenvalue weighted by Gasteiger charge is -2.15. The highest BCUT2D eigenvalue weighted by atomic mass is 32.2. The standard InChI is InChI=1S/C11H19N3O2S/c1-8-4-3-5-10(8)6-13-17(15,16)11-7-12-9(2)14-11/h7-8,10,13H,3-6H2,1-2H3,(H,12,14). The van der Waals surface area contributed by atoms with Crippen LogP contribution in [-0.4, -0.2) is 24.9 Å². The van der Waals surface area contributed by atoms with Gasteiger partial charge in [0.1, 0.15) is 5.82 Å². The fourth-order valence-corrected chi connectivity index (χ4v) is 3.42. The number of sulfonamides is 1. The van der Waals surface area contributed by atoms with Gasteiger partial charge in [-0.2, -0.15) is 0 Å². The average molecular weight is 257 g/mol. The van der Waals surface area contributed by atoms with Gasteiger partial charge in [-0.05, 0) is 25.2 Å². The molecule has 1 fully saturated rings. The quantitative estimate of drug-likeness (QED) is 0.857. The van der Waals surface area contributed by atoms with Crippen molar-refractivity contribution in [3.05, 3.63) is 12.0 Å². The van der Waals surface area contributed by atoms with Crippen molar-refractivity contribution < 1.29 is 8.42 Å². The van der Waals surface area contributed by atoms with E-state index in [4.69, 9.17) is 0 Å². The number of aromatic amines is 1. The lowest BCUT2D eigenvalue weighted by molar-refractivity contribution is 0.414. The van der Waals surface area contributed by atoms with Gasteiger partial charge in [-0.15, -0.1) is 0 Å². The maximum atomic E-state index is 11.9. The van der Waals surface area contributed by atoms with Crippen molar-refractivity contribution in [2.45, 2.75) is 38.1 Å². The summed E-state index contributed by atoms with van der Waals surface area (Å²) in [6.07, 6.45) is 4.88. The first-order valence-electron chi connectivity index (χ1n) is 6.00. The summed E-state index contributed by atoms with van der Waals surface area (Å²) in [5.41, 5.74) is 0. The van der Waals surface area contributed by atoms with Crippen LogP contribution in [-0.2, 0) is 10.0 Å². The Kier molecular flexibility index (Phi) is 3.53. The van der Waals surface area contributed by atoms with E-state index in [2.05, 4.69) is 21.6 Å². The van der Waals surface area contributed by atoms with E-state index in [1.165, 1.54) is 19.0 Å². The Morgan fingerprint density at radius 3 is 2.82 bits per heavy atom. The molecule has 0 saturated heterocycles. The molecule has 2 unspecified atom stereocenters. The van der Waals surface area contributed by atoms with Gasteiger partial charge in [0, 0.05) is 6.54 Å². The highest BCUT2D eigenvalue weighted by Crippen LogP contribution is 2.30. The summed E-state index contributed by atoms with van der Waals surface area (Å²) >= 11 is 0.